The van der Waals surface area contributed by atoms with E-state index in [0.717, 1.165) is 11.1 Å². The van der Waals surface area contributed by atoms with Crippen molar-refractivity contribution >= 4 is 29.0 Å². The second-order valence-corrected chi connectivity index (χ2v) is 10.5. The number of carbonyl (C=O) groups excluding carboxylic acids is 2. The first-order chi connectivity index (χ1) is 20.4. The molecule has 2 aromatic heterocycles. The molecule has 3 heterocycles. The lowest BCUT2D eigenvalue weighted by Crippen LogP contribution is -2.30. The molecule has 1 saturated heterocycles. The van der Waals surface area contributed by atoms with Crippen molar-refractivity contribution < 1.29 is 29.3 Å². The van der Waals surface area contributed by atoms with Crippen LogP contribution in [0, 0.1) is 0 Å². The highest BCUT2D eigenvalue weighted by molar-refractivity contribution is 5.96. The topological polar surface area (TPSA) is 152 Å². The van der Waals surface area contributed by atoms with Crippen molar-refractivity contribution in [2.24, 2.45) is 0 Å². The average Bonchev–Trinajstić information content (AvgIpc) is 3.69. The number of aromatic nitrogens is 4. The van der Waals surface area contributed by atoms with E-state index in [4.69, 9.17) is 9.47 Å². The molecule has 1 aliphatic carbocycles. The number of benzene rings is 2. The summed E-state index contributed by atoms with van der Waals surface area (Å²) in [6.07, 6.45) is 1.21. The van der Waals surface area contributed by atoms with Crippen molar-refractivity contribution in [2.45, 2.75) is 43.6 Å². The zero-order valence-electron chi connectivity index (χ0n) is 23.1. The molecule has 0 radical (unpaired) electrons. The van der Waals surface area contributed by atoms with Crippen LogP contribution in [0.25, 0.3) is 22.3 Å². The number of anilines is 1. The molecule has 2 amide bonds. The van der Waals surface area contributed by atoms with Crippen molar-refractivity contribution in [3.63, 3.8) is 0 Å². The maximum atomic E-state index is 12.7. The van der Waals surface area contributed by atoms with Gasteiger partial charge in [-0.25, -0.2) is 19.7 Å². The highest BCUT2D eigenvalue weighted by atomic mass is 16.6. The van der Waals surface area contributed by atoms with Gasteiger partial charge in [-0.05, 0) is 28.7 Å². The lowest BCUT2D eigenvalue weighted by Gasteiger charge is -2.19. The molecule has 1 fully saturated rings. The largest absolute Gasteiger partial charge is 0.448 e. The number of hydrogen-bond acceptors (Lipinski definition) is 9. The molecule has 4 aromatic rings. The van der Waals surface area contributed by atoms with E-state index in [0.29, 0.717) is 24.1 Å². The number of amides is 2. The van der Waals surface area contributed by atoms with Crippen LogP contribution < -0.4 is 5.32 Å². The van der Waals surface area contributed by atoms with Gasteiger partial charge in [0.25, 0.3) is 0 Å². The van der Waals surface area contributed by atoms with Gasteiger partial charge >= 0.3 is 6.09 Å². The van der Waals surface area contributed by atoms with Crippen LogP contribution in [0.5, 0.6) is 0 Å². The Morgan fingerprint density at radius 1 is 1.10 bits per heavy atom. The van der Waals surface area contributed by atoms with Crippen LogP contribution in [0.1, 0.15) is 42.5 Å². The first-order valence-electron chi connectivity index (χ1n) is 13.9. The van der Waals surface area contributed by atoms with E-state index in [-0.39, 0.29) is 43.7 Å². The predicted molar refractivity (Wildman–Crippen MR) is 153 cm³/mol. The number of aliphatic hydroxyl groups excluding tert-OH is 2. The van der Waals surface area contributed by atoms with Crippen LogP contribution in [0.3, 0.4) is 0 Å². The average molecular weight is 573 g/mol. The smallest absolute Gasteiger partial charge is 0.409 e. The summed E-state index contributed by atoms with van der Waals surface area (Å²) in [6.45, 7) is 0.280. The normalized spacial score (nSPS) is 19.5. The zero-order chi connectivity index (χ0) is 29.2. The van der Waals surface area contributed by atoms with Crippen molar-refractivity contribution in [3.8, 4) is 11.1 Å². The van der Waals surface area contributed by atoms with E-state index in [2.05, 4.69) is 44.5 Å². The number of hydrogen-bond donors (Lipinski definition) is 3. The number of rotatable bonds is 9. The van der Waals surface area contributed by atoms with E-state index < -0.39 is 24.5 Å². The van der Waals surface area contributed by atoms with Gasteiger partial charge in [-0.15, -0.1) is 0 Å². The summed E-state index contributed by atoms with van der Waals surface area (Å²) in [5.41, 5.74) is 5.46. The lowest BCUT2D eigenvalue weighted by atomic mass is 9.98. The summed E-state index contributed by atoms with van der Waals surface area (Å²) in [7, 11) is 1.65. The highest BCUT2D eigenvalue weighted by Gasteiger charge is 2.35. The van der Waals surface area contributed by atoms with Crippen LogP contribution in [0.15, 0.2) is 61.2 Å². The maximum absolute atomic E-state index is 12.7. The van der Waals surface area contributed by atoms with Gasteiger partial charge in [-0.3, -0.25) is 9.36 Å². The molecule has 3 N–H and O–H groups in total. The Morgan fingerprint density at radius 3 is 2.50 bits per heavy atom. The van der Waals surface area contributed by atoms with E-state index in [1.54, 1.807) is 11.6 Å². The maximum Gasteiger partial charge on any atom is 0.409 e. The van der Waals surface area contributed by atoms with Gasteiger partial charge in [-0.2, -0.15) is 0 Å². The third kappa shape index (κ3) is 5.31. The SMILES string of the molecule is CN(CCCC(=O)Nc1ncnc2c1ncn2[C@H]1C[C@@H](O)[C@@H](CO)O1)C(=O)OCC1c2ccccc2-c2ccccc21. The summed E-state index contributed by atoms with van der Waals surface area (Å²) in [4.78, 5) is 39.7. The number of fused-ring (bicyclic) bond motifs is 4. The van der Waals surface area contributed by atoms with E-state index in [1.165, 1.54) is 28.7 Å². The van der Waals surface area contributed by atoms with Crippen LogP contribution in [0.4, 0.5) is 10.6 Å². The number of aliphatic hydroxyl groups is 2. The van der Waals surface area contributed by atoms with Crippen molar-refractivity contribution in [1.29, 1.82) is 0 Å². The molecular weight excluding hydrogens is 540 g/mol. The first kappa shape index (κ1) is 27.8. The van der Waals surface area contributed by atoms with Gasteiger partial charge in [0.2, 0.25) is 5.91 Å². The Kier molecular flexibility index (Phi) is 7.83. The van der Waals surface area contributed by atoms with Crippen LogP contribution in [-0.4, -0.2) is 85.6 Å². The number of imidazole rings is 1. The molecule has 2 aliphatic rings. The van der Waals surface area contributed by atoms with E-state index >= 15 is 0 Å². The lowest BCUT2D eigenvalue weighted by molar-refractivity contribution is -0.116. The van der Waals surface area contributed by atoms with Crippen molar-refractivity contribution in [2.75, 3.05) is 32.1 Å². The molecule has 0 spiro atoms. The molecule has 42 heavy (non-hydrogen) atoms. The number of nitrogens with one attached hydrogen (secondary N) is 1. The third-order valence-electron chi connectivity index (χ3n) is 7.86. The monoisotopic (exact) mass is 572 g/mol. The molecule has 218 valence electrons. The minimum Gasteiger partial charge on any atom is -0.448 e. The summed E-state index contributed by atoms with van der Waals surface area (Å²) in [5, 5.41) is 22.2. The fourth-order valence-corrected chi connectivity index (χ4v) is 5.67. The summed E-state index contributed by atoms with van der Waals surface area (Å²) in [5.74, 6) is -0.0422. The Balaban J connectivity index is 1.00. The summed E-state index contributed by atoms with van der Waals surface area (Å²) >= 11 is 0. The van der Waals surface area contributed by atoms with Crippen LogP contribution in [0.2, 0.25) is 0 Å². The molecule has 3 atom stereocenters. The number of ether oxygens (including phenoxy) is 2. The van der Waals surface area contributed by atoms with Crippen LogP contribution >= 0.6 is 0 Å². The molecular formula is C30H32N6O6. The molecule has 1 aliphatic heterocycles. The Labute approximate surface area is 241 Å². The minimum atomic E-state index is -0.801. The van der Waals surface area contributed by atoms with Gasteiger partial charge in [0.15, 0.2) is 17.0 Å². The second-order valence-electron chi connectivity index (χ2n) is 10.5. The minimum absolute atomic E-state index is 0.0184. The van der Waals surface area contributed by atoms with Crippen molar-refractivity contribution in [1.82, 2.24) is 24.4 Å². The molecule has 0 unspecified atom stereocenters. The predicted octanol–water partition coefficient (Wildman–Crippen LogP) is 3.07. The van der Waals surface area contributed by atoms with Gasteiger partial charge in [-0.1, -0.05) is 48.5 Å². The molecule has 0 saturated carbocycles. The summed E-state index contributed by atoms with van der Waals surface area (Å²) in [6, 6.07) is 16.4. The second kappa shape index (κ2) is 11.8. The fourth-order valence-electron chi connectivity index (χ4n) is 5.67. The standard InChI is InChI=1S/C30H32N6O6/c1-35(30(40)41-15-22-20-9-4-2-7-18(20)19-8-3-5-10-21(19)22)12-6-11-25(39)34-28-27-29(32-16-31-28)36(17-33-27)26-13-23(38)24(14-37)42-26/h2-5,7-10,16-17,22-24,26,37-38H,6,11-15H2,1H3,(H,31,32,34,39)/t23-,24-,26-/m1/s1. The van der Waals surface area contributed by atoms with Gasteiger partial charge in [0.1, 0.15) is 25.3 Å². The fraction of sp³-hybridized carbons (Fsp3) is 0.367. The molecule has 2 aromatic carbocycles. The van der Waals surface area contributed by atoms with Crippen molar-refractivity contribution in [3.05, 3.63) is 72.3 Å². The summed E-state index contributed by atoms with van der Waals surface area (Å²) < 4.78 is 13.0. The molecule has 12 heteroatoms. The third-order valence-corrected chi connectivity index (χ3v) is 7.86. The first-order valence-corrected chi connectivity index (χ1v) is 13.9. The Hall–Kier alpha value is -4.39. The van der Waals surface area contributed by atoms with E-state index in [9.17, 15) is 19.8 Å². The highest BCUT2D eigenvalue weighted by Crippen LogP contribution is 2.44. The Morgan fingerprint density at radius 2 is 1.81 bits per heavy atom. The van der Waals surface area contributed by atoms with Gasteiger partial charge < -0.3 is 29.9 Å². The number of nitrogens with zero attached hydrogens (tertiary/aromatic N) is 5. The molecule has 0 bridgehead atoms. The quantitative estimate of drug-likeness (QED) is 0.275. The van der Waals surface area contributed by atoms with Gasteiger partial charge in [0, 0.05) is 32.4 Å². The van der Waals surface area contributed by atoms with E-state index in [1.807, 2.05) is 24.3 Å². The molecule has 12 nitrogen and oxygen atoms in total. The number of carbonyl (C=O) groups is 2. The zero-order valence-corrected chi connectivity index (χ0v) is 23.1. The van der Waals surface area contributed by atoms with Gasteiger partial charge in [0.05, 0.1) is 19.0 Å². The van der Waals surface area contributed by atoms with Crippen LogP contribution in [-0.2, 0) is 14.3 Å². The Bertz CT molecular complexity index is 1560. The molecule has 6 rings (SSSR count).